The topological polar surface area (TPSA) is 78.1 Å². The van der Waals surface area contributed by atoms with Crippen LogP contribution in [0.5, 0.6) is 0 Å². The Morgan fingerprint density at radius 1 is 1.60 bits per heavy atom. The van der Waals surface area contributed by atoms with E-state index in [0.29, 0.717) is 0 Å². The average molecular weight is 144 g/mol. The average Bonchev–Trinajstić information content (AvgIpc) is 1.82. The van der Waals surface area contributed by atoms with Crippen LogP contribution in [0.4, 0.5) is 0 Å². The van der Waals surface area contributed by atoms with E-state index in [0.717, 1.165) is 18.4 Å². The highest BCUT2D eigenvalue weighted by atomic mass is 16.1. The predicted molar refractivity (Wildman–Crippen MR) is 42.9 cm³/mol. The van der Waals surface area contributed by atoms with Crippen LogP contribution in [-0.2, 0) is 4.79 Å². The monoisotopic (exact) mass is 144 g/mol. The second-order valence-corrected chi connectivity index (χ2v) is 1.93. The van der Waals surface area contributed by atoms with Crippen molar-refractivity contribution in [1.82, 2.24) is 6.15 Å². The van der Waals surface area contributed by atoms with Crippen molar-refractivity contribution in [2.45, 2.75) is 26.7 Å². The lowest BCUT2D eigenvalue weighted by atomic mass is 10.1. The van der Waals surface area contributed by atoms with E-state index in [2.05, 4.69) is 0 Å². The van der Waals surface area contributed by atoms with Gasteiger partial charge in [-0.05, 0) is 13.3 Å². The van der Waals surface area contributed by atoms with Crippen molar-refractivity contribution in [2.24, 2.45) is 5.73 Å². The number of carbonyl (C=O) groups is 1. The predicted octanol–water partition coefficient (Wildman–Crippen LogP) is 1.38. The Labute approximate surface area is 61.9 Å². The van der Waals surface area contributed by atoms with Gasteiger partial charge >= 0.3 is 0 Å². The van der Waals surface area contributed by atoms with E-state index in [1.54, 1.807) is 6.08 Å². The summed E-state index contributed by atoms with van der Waals surface area (Å²) in [4.78, 5) is 10.5. The maximum absolute atomic E-state index is 10.5. The molecule has 0 spiro atoms. The highest BCUT2D eigenvalue weighted by Crippen LogP contribution is 2.01. The summed E-state index contributed by atoms with van der Waals surface area (Å²) < 4.78 is 0. The van der Waals surface area contributed by atoms with Gasteiger partial charge < -0.3 is 11.9 Å². The lowest BCUT2D eigenvalue weighted by molar-refractivity contribution is -0.114. The standard InChI is InChI=1S/C7H13NO.H3N/c1-3-5-6(4-2)7(8)9;/h4H,3,5H2,1-2H3,(H2,8,9);1H3. The van der Waals surface area contributed by atoms with Gasteiger partial charge in [-0.2, -0.15) is 0 Å². The summed E-state index contributed by atoms with van der Waals surface area (Å²) in [5.41, 5.74) is 5.76. The Hall–Kier alpha value is -0.830. The van der Waals surface area contributed by atoms with Gasteiger partial charge in [-0.25, -0.2) is 0 Å². The molecule has 0 saturated heterocycles. The zero-order valence-corrected chi connectivity index (χ0v) is 6.68. The van der Waals surface area contributed by atoms with E-state index >= 15 is 0 Å². The molecule has 5 N–H and O–H groups in total. The minimum absolute atomic E-state index is 0. The van der Waals surface area contributed by atoms with Crippen molar-refractivity contribution >= 4 is 5.91 Å². The van der Waals surface area contributed by atoms with E-state index in [-0.39, 0.29) is 12.1 Å². The molecular formula is C7H16N2O. The van der Waals surface area contributed by atoms with E-state index in [1.165, 1.54) is 0 Å². The number of nitrogens with two attached hydrogens (primary N) is 1. The van der Waals surface area contributed by atoms with Gasteiger partial charge in [0.2, 0.25) is 5.91 Å². The van der Waals surface area contributed by atoms with Crippen LogP contribution in [0.25, 0.3) is 0 Å². The van der Waals surface area contributed by atoms with Gasteiger partial charge in [-0.1, -0.05) is 19.4 Å². The van der Waals surface area contributed by atoms with Crippen LogP contribution in [0.1, 0.15) is 26.7 Å². The van der Waals surface area contributed by atoms with Crippen molar-refractivity contribution in [3.63, 3.8) is 0 Å². The summed E-state index contributed by atoms with van der Waals surface area (Å²) in [6, 6.07) is 0. The summed E-state index contributed by atoms with van der Waals surface area (Å²) >= 11 is 0. The number of amides is 1. The molecule has 0 radical (unpaired) electrons. The molecule has 3 nitrogen and oxygen atoms in total. The Morgan fingerprint density at radius 2 is 2.10 bits per heavy atom. The number of hydrogen-bond donors (Lipinski definition) is 2. The summed E-state index contributed by atoms with van der Waals surface area (Å²) in [5.74, 6) is -0.292. The zero-order chi connectivity index (χ0) is 7.28. The van der Waals surface area contributed by atoms with Gasteiger partial charge in [0.15, 0.2) is 0 Å². The Kier molecular flexibility index (Phi) is 7.49. The number of allylic oxidation sites excluding steroid dienone is 1. The third-order valence-corrected chi connectivity index (χ3v) is 1.18. The Balaban J connectivity index is 0. The number of primary amides is 1. The Bertz CT molecular complexity index is 130. The van der Waals surface area contributed by atoms with E-state index < -0.39 is 0 Å². The first-order valence-corrected chi connectivity index (χ1v) is 3.17. The molecular weight excluding hydrogens is 128 g/mol. The molecule has 0 aliphatic heterocycles. The quantitative estimate of drug-likeness (QED) is 0.587. The fraction of sp³-hybridized carbons (Fsp3) is 0.571. The van der Waals surface area contributed by atoms with E-state index in [1.807, 2.05) is 13.8 Å². The molecule has 0 aromatic carbocycles. The molecule has 0 saturated carbocycles. The first-order chi connectivity index (χ1) is 4.22. The van der Waals surface area contributed by atoms with Crippen LogP contribution in [0, 0.1) is 0 Å². The maximum Gasteiger partial charge on any atom is 0.244 e. The van der Waals surface area contributed by atoms with Crippen LogP contribution in [-0.4, -0.2) is 5.91 Å². The van der Waals surface area contributed by atoms with Crippen molar-refractivity contribution in [1.29, 1.82) is 0 Å². The van der Waals surface area contributed by atoms with E-state index in [9.17, 15) is 4.79 Å². The SMILES string of the molecule is CC=C(CCC)C(N)=O.N. The summed E-state index contributed by atoms with van der Waals surface area (Å²) in [7, 11) is 0. The molecule has 0 rings (SSSR count). The van der Waals surface area contributed by atoms with Crippen molar-refractivity contribution in [2.75, 3.05) is 0 Å². The van der Waals surface area contributed by atoms with Gasteiger partial charge in [0.05, 0.1) is 0 Å². The smallest absolute Gasteiger partial charge is 0.244 e. The normalized spacial score (nSPS) is 10.4. The van der Waals surface area contributed by atoms with E-state index in [4.69, 9.17) is 5.73 Å². The highest BCUT2D eigenvalue weighted by molar-refractivity contribution is 5.91. The molecule has 0 aliphatic carbocycles. The van der Waals surface area contributed by atoms with Gasteiger partial charge in [0, 0.05) is 5.57 Å². The second kappa shape index (κ2) is 6.29. The fourth-order valence-corrected chi connectivity index (χ4v) is 0.679. The van der Waals surface area contributed by atoms with Crippen LogP contribution < -0.4 is 11.9 Å². The molecule has 0 unspecified atom stereocenters. The van der Waals surface area contributed by atoms with Gasteiger partial charge in [0.25, 0.3) is 0 Å². The lowest BCUT2D eigenvalue weighted by Crippen LogP contribution is -2.13. The molecule has 60 valence electrons. The lowest BCUT2D eigenvalue weighted by Gasteiger charge is -1.96. The minimum Gasteiger partial charge on any atom is -0.366 e. The first-order valence-electron chi connectivity index (χ1n) is 3.17. The number of rotatable bonds is 3. The van der Waals surface area contributed by atoms with Crippen molar-refractivity contribution < 1.29 is 4.79 Å². The third-order valence-electron chi connectivity index (χ3n) is 1.18. The van der Waals surface area contributed by atoms with Gasteiger partial charge in [-0.15, -0.1) is 0 Å². The molecule has 0 heterocycles. The van der Waals surface area contributed by atoms with Crippen LogP contribution in [0.2, 0.25) is 0 Å². The van der Waals surface area contributed by atoms with Gasteiger partial charge in [-0.3, -0.25) is 4.79 Å². The molecule has 0 bridgehead atoms. The molecule has 0 aromatic rings. The Morgan fingerprint density at radius 3 is 2.20 bits per heavy atom. The molecule has 3 heteroatoms. The third kappa shape index (κ3) is 4.09. The molecule has 0 aromatic heterocycles. The highest BCUT2D eigenvalue weighted by Gasteiger charge is 1.99. The molecule has 0 atom stereocenters. The zero-order valence-electron chi connectivity index (χ0n) is 6.68. The minimum atomic E-state index is -0.292. The van der Waals surface area contributed by atoms with Crippen molar-refractivity contribution in [3.05, 3.63) is 11.6 Å². The van der Waals surface area contributed by atoms with Crippen LogP contribution in [0.3, 0.4) is 0 Å². The van der Waals surface area contributed by atoms with Crippen LogP contribution >= 0.6 is 0 Å². The van der Waals surface area contributed by atoms with Crippen molar-refractivity contribution in [3.8, 4) is 0 Å². The molecule has 1 amide bonds. The summed E-state index contributed by atoms with van der Waals surface area (Å²) in [5, 5.41) is 0. The van der Waals surface area contributed by atoms with Crippen LogP contribution in [0.15, 0.2) is 11.6 Å². The second-order valence-electron chi connectivity index (χ2n) is 1.93. The number of hydrogen-bond acceptors (Lipinski definition) is 2. The maximum atomic E-state index is 10.5. The first kappa shape index (κ1) is 11.9. The summed E-state index contributed by atoms with van der Waals surface area (Å²) in [6.07, 6.45) is 3.54. The molecule has 0 aliphatic rings. The molecule has 10 heavy (non-hydrogen) atoms. The number of carbonyl (C=O) groups excluding carboxylic acids is 1. The van der Waals surface area contributed by atoms with Gasteiger partial charge in [0.1, 0.15) is 0 Å². The molecule has 0 fully saturated rings. The summed E-state index contributed by atoms with van der Waals surface area (Å²) in [6.45, 7) is 3.85. The largest absolute Gasteiger partial charge is 0.366 e. The fourth-order valence-electron chi connectivity index (χ4n) is 0.679.